The van der Waals surface area contributed by atoms with E-state index in [-0.39, 0.29) is 6.03 Å². The van der Waals surface area contributed by atoms with Crippen molar-refractivity contribution in [1.82, 2.24) is 10.2 Å². The molecule has 0 spiro atoms. The topological polar surface area (TPSA) is 32.3 Å². The van der Waals surface area contributed by atoms with Gasteiger partial charge in [0.15, 0.2) is 0 Å². The Morgan fingerprint density at radius 3 is 2.71 bits per heavy atom. The van der Waals surface area contributed by atoms with Crippen LogP contribution in [0, 0.1) is 11.3 Å². The summed E-state index contributed by atoms with van der Waals surface area (Å²) >= 11 is 0. The molecule has 2 rings (SSSR count). The van der Waals surface area contributed by atoms with Crippen LogP contribution in [0.15, 0.2) is 0 Å². The Bertz CT molecular complexity index is 268. The summed E-state index contributed by atoms with van der Waals surface area (Å²) in [6.45, 7) is 7.24. The summed E-state index contributed by atoms with van der Waals surface area (Å²) in [6.07, 6.45) is 7.55. The molecule has 0 aromatic carbocycles. The fourth-order valence-corrected chi connectivity index (χ4v) is 3.08. The molecule has 1 unspecified atom stereocenters. The van der Waals surface area contributed by atoms with Gasteiger partial charge in [-0.25, -0.2) is 4.79 Å². The van der Waals surface area contributed by atoms with Crippen LogP contribution in [0.2, 0.25) is 0 Å². The van der Waals surface area contributed by atoms with E-state index in [1.807, 2.05) is 4.90 Å². The molecule has 2 amide bonds. The van der Waals surface area contributed by atoms with Gasteiger partial charge in [-0.1, -0.05) is 20.3 Å². The summed E-state index contributed by atoms with van der Waals surface area (Å²) in [7, 11) is 0. The number of rotatable bonds is 3. The zero-order valence-corrected chi connectivity index (χ0v) is 11.3. The van der Waals surface area contributed by atoms with E-state index in [9.17, 15) is 4.79 Å². The second-order valence-corrected chi connectivity index (χ2v) is 6.06. The predicted octanol–water partition coefficient (Wildman–Crippen LogP) is 3.01. The van der Waals surface area contributed by atoms with Crippen LogP contribution in [0.4, 0.5) is 4.79 Å². The van der Waals surface area contributed by atoms with Gasteiger partial charge in [-0.15, -0.1) is 0 Å². The second-order valence-electron chi connectivity index (χ2n) is 6.06. The van der Waals surface area contributed by atoms with Crippen LogP contribution in [0.3, 0.4) is 0 Å². The van der Waals surface area contributed by atoms with Crippen LogP contribution < -0.4 is 5.32 Å². The lowest BCUT2D eigenvalue weighted by Crippen LogP contribution is -2.49. The predicted molar refractivity (Wildman–Crippen MR) is 69.9 cm³/mol. The highest BCUT2D eigenvalue weighted by atomic mass is 16.2. The number of carbonyl (C=O) groups is 1. The monoisotopic (exact) mass is 238 g/mol. The Kier molecular flexibility index (Phi) is 3.95. The third kappa shape index (κ3) is 2.93. The van der Waals surface area contributed by atoms with E-state index in [2.05, 4.69) is 19.2 Å². The van der Waals surface area contributed by atoms with Gasteiger partial charge in [-0.3, -0.25) is 0 Å². The Hall–Kier alpha value is -0.730. The Labute approximate surface area is 105 Å². The number of nitrogens with one attached hydrogen (secondary N) is 1. The Morgan fingerprint density at radius 2 is 2.18 bits per heavy atom. The maximum absolute atomic E-state index is 12.1. The molecule has 2 aliphatic rings. The molecule has 1 aliphatic carbocycles. The number of hydrogen-bond acceptors (Lipinski definition) is 1. The Morgan fingerprint density at radius 1 is 1.41 bits per heavy atom. The van der Waals surface area contributed by atoms with Crippen molar-refractivity contribution in [3.05, 3.63) is 0 Å². The van der Waals surface area contributed by atoms with Gasteiger partial charge in [0.1, 0.15) is 0 Å². The molecule has 3 nitrogen and oxygen atoms in total. The molecule has 1 saturated heterocycles. The van der Waals surface area contributed by atoms with Crippen molar-refractivity contribution in [2.75, 3.05) is 19.6 Å². The molecule has 3 heteroatoms. The highest BCUT2D eigenvalue weighted by Crippen LogP contribution is 2.43. The number of piperidine rings is 1. The molecule has 1 saturated carbocycles. The van der Waals surface area contributed by atoms with Crippen LogP contribution in [0.1, 0.15) is 52.4 Å². The summed E-state index contributed by atoms with van der Waals surface area (Å²) in [5.41, 5.74) is 0.428. The van der Waals surface area contributed by atoms with Gasteiger partial charge in [0.05, 0.1) is 0 Å². The first-order valence-electron chi connectivity index (χ1n) is 7.18. The number of amides is 2. The average Bonchev–Trinajstić information content (AvgIpc) is 2.28. The number of urea groups is 1. The molecule has 1 heterocycles. The van der Waals surface area contributed by atoms with Gasteiger partial charge in [-0.2, -0.15) is 0 Å². The fraction of sp³-hybridized carbons (Fsp3) is 0.929. The maximum Gasteiger partial charge on any atom is 0.317 e. The molecule has 1 atom stereocenters. The highest BCUT2D eigenvalue weighted by molar-refractivity contribution is 5.74. The van der Waals surface area contributed by atoms with E-state index in [0.29, 0.717) is 11.3 Å². The first-order valence-corrected chi connectivity index (χ1v) is 7.18. The second kappa shape index (κ2) is 5.28. The van der Waals surface area contributed by atoms with Crippen LogP contribution in [0.25, 0.3) is 0 Å². The zero-order chi connectivity index (χ0) is 12.3. The number of likely N-dealkylation sites (tertiary alicyclic amines) is 1. The van der Waals surface area contributed by atoms with E-state index in [1.54, 1.807) is 0 Å². The van der Waals surface area contributed by atoms with Crippen LogP contribution in [-0.4, -0.2) is 30.6 Å². The molecule has 17 heavy (non-hydrogen) atoms. The van der Waals surface area contributed by atoms with Crippen molar-refractivity contribution in [3.63, 3.8) is 0 Å². The van der Waals surface area contributed by atoms with E-state index >= 15 is 0 Å². The van der Waals surface area contributed by atoms with Crippen LogP contribution in [0.5, 0.6) is 0 Å². The van der Waals surface area contributed by atoms with Gasteiger partial charge in [0.2, 0.25) is 0 Å². The van der Waals surface area contributed by atoms with Gasteiger partial charge < -0.3 is 10.2 Å². The highest BCUT2D eigenvalue weighted by Gasteiger charge is 2.35. The molecule has 2 fully saturated rings. The maximum atomic E-state index is 12.1. The largest absolute Gasteiger partial charge is 0.337 e. The molecular weight excluding hydrogens is 212 g/mol. The van der Waals surface area contributed by atoms with E-state index in [1.165, 1.54) is 32.1 Å². The number of hydrogen-bond donors (Lipinski definition) is 1. The molecule has 1 N–H and O–H groups in total. The summed E-state index contributed by atoms with van der Waals surface area (Å²) < 4.78 is 0. The average molecular weight is 238 g/mol. The number of nitrogens with zero attached hydrogens (tertiary/aromatic N) is 1. The van der Waals surface area contributed by atoms with Crippen molar-refractivity contribution < 1.29 is 4.79 Å². The van der Waals surface area contributed by atoms with Crippen molar-refractivity contribution >= 4 is 6.03 Å². The summed E-state index contributed by atoms with van der Waals surface area (Å²) in [4.78, 5) is 14.1. The minimum absolute atomic E-state index is 0.163. The molecule has 0 aromatic heterocycles. The van der Waals surface area contributed by atoms with Crippen LogP contribution >= 0.6 is 0 Å². The summed E-state index contributed by atoms with van der Waals surface area (Å²) in [5, 5.41) is 3.15. The molecule has 0 bridgehead atoms. The molecular formula is C14H26N2O. The molecule has 98 valence electrons. The van der Waals surface area contributed by atoms with Crippen LogP contribution in [-0.2, 0) is 0 Å². The normalized spacial score (nSPS) is 27.4. The van der Waals surface area contributed by atoms with Gasteiger partial charge >= 0.3 is 6.03 Å². The van der Waals surface area contributed by atoms with Gasteiger partial charge in [-0.05, 0) is 43.4 Å². The first kappa shape index (κ1) is 12.7. The minimum Gasteiger partial charge on any atom is -0.337 e. The van der Waals surface area contributed by atoms with Crippen molar-refractivity contribution in [3.8, 4) is 0 Å². The number of carbonyl (C=O) groups excluding carboxylic acids is 1. The third-order valence-electron chi connectivity index (χ3n) is 4.72. The smallest absolute Gasteiger partial charge is 0.317 e. The lowest BCUT2D eigenvalue weighted by Gasteiger charge is -2.42. The lowest BCUT2D eigenvalue weighted by atomic mass is 9.67. The van der Waals surface area contributed by atoms with E-state index in [4.69, 9.17) is 0 Å². The third-order valence-corrected chi connectivity index (χ3v) is 4.72. The summed E-state index contributed by atoms with van der Waals surface area (Å²) in [5.74, 6) is 0.665. The first-order chi connectivity index (χ1) is 8.15. The van der Waals surface area contributed by atoms with Gasteiger partial charge in [0.25, 0.3) is 0 Å². The van der Waals surface area contributed by atoms with E-state index < -0.39 is 0 Å². The minimum atomic E-state index is 0.163. The lowest BCUT2D eigenvalue weighted by molar-refractivity contribution is 0.116. The SMILES string of the molecule is CCC1(CNC(=O)N2CCCC(C)C2)CCC1. The van der Waals surface area contributed by atoms with Crippen molar-refractivity contribution in [2.24, 2.45) is 11.3 Å². The molecule has 1 aliphatic heterocycles. The van der Waals surface area contributed by atoms with Gasteiger partial charge in [0, 0.05) is 19.6 Å². The van der Waals surface area contributed by atoms with Crippen molar-refractivity contribution in [2.45, 2.75) is 52.4 Å². The van der Waals surface area contributed by atoms with E-state index in [0.717, 1.165) is 26.1 Å². The molecule has 0 radical (unpaired) electrons. The quantitative estimate of drug-likeness (QED) is 0.805. The summed E-state index contributed by atoms with van der Waals surface area (Å²) in [6, 6.07) is 0.163. The molecule has 0 aromatic rings. The Balaban J connectivity index is 1.76. The van der Waals surface area contributed by atoms with Crippen molar-refractivity contribution in [1.29, 1.82) is 0 Å². The zero-order valence-electron chi connectivity index (χ0n) is 11.3. The standard InChI is InChI=1S/C14H26N2O/c1-3-14(7-5-8-14)11-15-13(17)16-9-4-6-12(2)10-16/h12H,3-11H2,1-2H3,(H,15,17). The fourth-order valence-electron chi connectivity index (χ4n) is 3.08.